The van der Waals surface area contributed by atoms with E-state index in [-0.39, 0.29) is 13.0 Å². The molecule has 8 nitrogen and oxygen atoms in total. The zero-order valence-electron chi connectivity index (χ0n) is 34.2. The van der Waals surface area contributed by atoms with E-state index in [2.05, 4.69) is 11.4 Å². The van der Waals surface area contributed by atoms with Crippen LogP contribution in [-0.4, -0.2) is 41.0 Å². The molecule has 0 bridgehead atoms. The Labute approximate surface area is 321 Å². The first kappa shape index (κ1) is 51.0. The number of rotatable bonds is 42. The minimum absolute atomic E-state index is 0.270. The highest BCUT2D eigenvalue weighted by molar-refractivity contribution is 7.46. The van der Waals surface area contributed by atoms with Gasteiger partial charge in [0.05, 0.1) is 6.61 Å². The van der Waals surface area contributed by atoms with Crippen LogP contribution < -0.4 is 0 Å². The lowest BCUT2D eigenvalue weighted by atomic mass is 10.0. The fourth-order valence-electron chi connectivity index (χ4n) is 6.97. The predicted molar refractivity (Wildman–Crippen MR) is 216 cm³/mol. The first-order valence-electron chi connectivity index (χ1n) is 22.3. The van der Waals surface area contributed by atoms with Crippen LogP contribution in [0.4, 0.5) is 0 Å². The Balaban J connectivity index is 3.27. The Hall–Kier alpha value is -0.950. The number of carbonyl (C=O) groups is 2. The molecule has 0 rings (SSSR count). The molecular weight excluding hydrogens is 675 g/mol. The van der Waals surface area contributed by atoms with Gasteiger partial charge < -0.3 is 19.3 Å². The third-order valence-corrected chi connectivity index (χ3v) is 10.7. The zero-order valence-corrected chi connectivity index (χ0v) is 35.1. The van der Waals surface area contributed by atoms with Gasteiger partial charge in [0.1, 0.15) is 6.61 Å². The molecule has 0 fully saturated rings. The van der Waals surface area contributed by atoms with Crippen LogP contribution in [0.15, 0.2) is 0 Å². The van der Waals surface area contributed by atoms with Crippen molar-refractivity contribution >= 4 is 19.8 Å². The quantitative estimate of drug-likeness (QED) is 0.0358. The van der Waals surface area contributed by atoms with Gasteiger partial charge in [0.15, 0.2) is 6.10 Å². The summed E-state index contributed by atoms with van der Waals surface area (Å²) in [5.74, 6) is -1.06. The van der Waals surface area contributed by atoms with Gasteiger partial charge in [-0.05, 0) is 6.42 Å². The molecule has 0 aromatic heterocycles. The molecule has 0 aromatic carbocycles. The van der Waals surface area contributed by atoms with Gasteiger partial charge in [0.2, 0.25) is 0 Å². The molecule has 0 amide bonds. The van der Waals surface area contributed by atoms with Gasteiger partial charge in [0.25, 0.3) is 0 Å². The fraction of sp³-hybridized carbons (Fsp3) is 0.953. The highest BCUT2D eigenvalue weighted by atomic mass is 31.2. The molecule has 0 radical (unpaired) electrons. The second-order valence-electron chi connectivity index (χ2n) is 15.5. The minimum Gasteiger partial charge on any atom is -0.462 e. The molecular formula is C43H85O8P. The lowest BCUT2D eigenvalue weighted by molar-refractivity contribution is -0.159. The third kappa shape index (κ3) is 43.5. The minimum atomic E-state index is -4.70. The summed E-state index contributed by atoms with van der Waals surface area (Å²) >= 11 is 0. The second-order valence-corrected chi connectivity index (χ2v) is 16.7. The molecule has 0 aliphatic carbocycles. The third-order valence-electron chi connectivity index (χ3n) is 10.2. The van der Waals surface area contributed by atoms with E-state index in [1.165, 1.54) is 205 Å². The van der Waals surface area contributed by atoms with Crippen molar-refractivity contribution in [2.45, 2.75) is 251 Å². The van der Waals surface area contributed by atoms with E-state index >= 15 is 0 Å². The van der Waals surface area contributed by atoms with Crippen LogP contribution in [0.3, 0.4) is 0 Å². The smallest absolute Gasteiger partial charge is 0.462 e. The van der Waals surface area contributed by atoms with Gasteiger partial charge in [0, 0.05) is 13.3 Å². The van der Waals surface area contributed by atoms with E-state index in [0.29, 0.717) is 0 Å². The number of ether oxygens (including phenoxy) is 2. The van der Waals surface area contributed by atoms with E-state index in [1.54, 1.807) is 0 Å². The summed E-state index contributed by atoms with van der Waals surface area (Å²) in [4.78, 5) is 40.7. The molecule has 2 N–H and O–H groups in total. The fourth-order valence-corrected chi connectivity index (χ4v) is 7.33. The highest BCUT2D eigenvalue weighted by Crippen LogP contribution is 2.35. The van der Waals surface area contributed by atoms with E-state index in [1.807, 2.05) is 0 Å². The summed E-state index contributed by atoms with van der Waals surface area (Å²) in [6.45, 7) is 2.62. The molecule has 9 heteroatoms. The van der Waals surface area contributed by atoms with Crippen LogP contribution in [0, 0.1) is 0 Å². The molecule has 1 atom stereocenters. The number of hydrogen-bond acceptors (Lipinski definition) is 6. The average molecular weight is 761 g/mol. The normalized spacial score (nSPS) is 12.3. The molecule has 0 spiro atoms. The van der Waals surface area contributed by atoms with Crippen molar-refractivity contribution < 1.29 is 37.9 Å². The number of hydrogen-bond donors (Lipinski definition) is 2. The van der Waals surface area contributed by atoms with Crippen molar-refractivity contribution in [3.05, 3.63) is 0 Å². The Morgan fingerprint density at radius 1 is 0.462 bits per heavy atom. The number of phosphoric acid groups is 1. The van der Waals surface area contributed by atoms with E-state index < -0.39 is 32.5 Å². The summed E-state index contributed by atoms with van der Waals surface area (Å²) in [5, 5.41) is 0. The lowest BCUT2D eigenvalue weighted by Crippen LogP contribution is -2.28. The Bertz CT molecular complexity index is 817. The summed E-state index contributed by atoms with van der Waals surface area (Å²) in [6.07, 6.45) is 47.2. The van der Waals surface area contributed by atoms with Crippen LogP contribution in [-0.2, 0) is 28.2 Å². The van der Waals surface area contributed by atoms with Crippen molar-refractivity contribution in [3.8, 4) is 0 Å². The number of esters is 2. The topological polar surface area (TPSA) is 119 Å². The summed E-state index contributed by atoms with van der Waals surface area (Å²) in [7, 11) is -4.70. The summed E-state index contributed by atoms with van der Waals surface area (Å²) < 4.78 is 25.2. The van der Waals surface area contributed by atoms with Gasteiger partial charge in [-0.25, -0.2) is 4.57 Å². The van der Waals surface area contributed by atoms with Crippen molar-refractivity contribution in [2.24, 2.45) is 0 Å². The van der Waals surface area contributed by atoms with Gasteiger partial charge in [-0.1, -0.05) is 225 Å². The number of carbonyl (C=O) groups excluding carboxylic acids is 2. The van der Waals surface area contributed by atoms with Crippen LogP contribution in [0.25, 0.3) is 0 Å². The maximum Gasteiger partial charge on any atom is 0.469 e. The van der Waals surface area contributed by atoms with Crippen molar-refractivity contribution in [2.75, 3.05) is 13.2 Å². The largest absolute Gasteiger partial charge is 0.469 e. The standard InChI is InChI=1S/C43H85O8P/c1-3-4-5-6-7-8-9-10-11-12-13-14-15-16-17-18-19-20-21-22-23-24-25-26-27-28-29-30-31-32-33-34-35-36-37-38-43(45)49-39-42(51-41(2)44)40-50-52(46,47)48/h42H,3-40H2,1-2H3,(H2,46,47,48)/t42-/m1/s1. The SMILES string of the molecule is CCCCCCCCCCCCCCCCCCCCCCCCCCCCCCCCCCCCCC(=O)OC[C@H](COP(=O)(O)O)OC(C)=O. The van der Waals surface area contributed by atoms with E-state index in [4.69, 9.17) is 19.3 Å². The van der Waals surface area contributed by atoms with Crippen molar-refractivity contribution in [1.82, 2.24) is 0 Å². The van der Waals surface area contributed by atoms with Crippen LogP contribution in [0.1, 0.15) is 245 Å². The maximum absolute atomic E-state index is 12.0. The second kappa shape index (κ2) is 39.7. The van der Waals surface area contributed by atoms with Gasteiger partial charge >= 0.3 is 19.8 Å². The molecule has 0 heterocycles. The monoisotopic (exact) mass is 761 g/mol. The average Bonchev–Trinajstić information content (AvgIpc) is 3.10. The molecule has 0 aromatic rings. The van der Waals surface area contributed by atoms with Crippen LogP contribution in [0.2, 0.25) is 0 Å². The summed E-state index contributed by atoms with van der Waals surface area (Å²) in [5.41, 5.74) is 0. The van der Waals surface area contributed by atoms with Crippen LogP contribution >= 0.6 is 7.82 Å². The molecule has 0 saturated heterocycles. The first-order valence-corrected chi connectivity index (χ1v) is 23.8. The molecule has 0 unspecified atom stereocenters. The lowest BCUT2D eigenvalue weighted by Gasteiger charge is -2.17. The first-order chi connectivity index (χ1) is 25.2. The Morgan fingerprint density at radius 3 is 0.981 bits per heavy atom. The zero-order chi connectivity index (χ0) is 38.2. The maximum atomic E-state index is 12.0. The highest BCUT2D eigenvalue weighted by Gasteiger charge is 2.21. The van der Waals surface area contributed by atoms with E-state index in [0.717, 1.165) is 26.2 Å². The van der Waals surface area contributed by atoms with Gasteiger partial charge in [-0.3, -0.25) is 14.1 Å². The molecule has 0 aliphatic rings. The van der Waals surface area contributed by atoms with Crippen molar-refractivity contribution in [3.63, 3.8) is 0 Å². The Kier molecular flexibility index (Phi) is 39.0. The molecule has 310 valence electrons. The molecule has 0 saturated carbocycles. The molecule has 52 heavy (non-hydrogen) atoms. The summed E-state index contributed by atoms with van der Waals surface area (Å²) in [6, 6.07) is 0. The molecule has 0 aliphatic heterocycles. The van der Waals surface area contributed by atoms with Crippen molar-refractivity contribution in [1.29, 1.82) is 0 Å². The van der Waals surface area contributed by atoms with E-state index in [9.17, 15) is 14.2 Å². The number of phosphoric ester groups is 1. The van der Waals surface area contributed by atoms with Crippen LogP contribution in [0.5, 0.6) is 0 Å². The number of unbranched alkanes of at least 4 members (excludes halogenated alkanes) is 34. The predicted octanol–water partition coefficient (Wildman–Crippen LogP) is 13.6. The van der Waals surface area contributed by atoms with Gasteiger partial charge in [-0.2, -0.15) is 0 Å². The Morgan fingerprint density at radius 2 is 0.731 bits per heavy atom. The van der Waals surface area contributed by atoms with Gasteiger partial charge in [-0.15, -0.1) is 0 Å².